The molecule has 1 heteroatoms. The molecule has 0 fully saturated rings. The highest BCUT2D eigenvalue weighted by molar-refractivity contribution is 5.25. The monoisotopic (exact) mass is 153 g/mol. The Kier molecular flexibility index (Phi) is 2.72. The number of hydrogen-bond acceptors (Lipinski definition) is 1. The van der Waals surface area contributed by atoms with Crippen molar-refractivity contribution >= 4 is 0 Å². The maximum absolute atomic E-state index is 3.41. The lowest BCUT2D eigenvalue weighted by atomic mass is 9.93. The van der Waals surface area contributed by atoms with E-state index in [1.54, 1.807) is 11.1 Å². The molecule has 0 aromatic heterocycles. The van der Waals surface area contributed by atoms with Gasteiger partial charge in [0.2, 0.25) is 0 Å². The molecule has 1 aliphatic rings. The fraction of sp³-hybridized carbons (Fsp3) is 0.800. The second-order valence-corrected chi connectivity index (χ2v) is 3.96. The largest absolute Gasteiger partial charge is 0.309 e. The average Bonchev–Trinajstić information content (AvgIpc) is 2.32. The van der Waals surface area contributed by atoms with Gasteiger partial charge >= 0.3 is 0 Å². The molecule has 1 N–H and O–H groups in total. The maximum Gasteiger partial charge on any atom is 0.0173 e. The van der Waals surface area contributed by atoms with Gasteiger partial charge in [0.05, 0.1) is 0 Å². The predicted molar refractivity (Wildman–Crippen MR) is 49.6 cm³/mol. The number of rotatable bonds is 2. The smallest absolute Gasteiger partial charge is 0.0173 e. The number of hydrogen-bond donors (Lipinski definition) is 1. The van der Waals surface area contributed by atoms with Crippen molar-refractivity contribution in [2.75, 3.05) is 13.1 Å². The minimum atomic E-state index is 0.724. The minimum absolute atomic E-state index is 0.724. The third-order valence-corrected chi connectivity index (χ3v) is 2.44. The van der Waals surface area contributed by atoms with Crippen LogP contribution >= 0.6 is 0 Å². The highest BCUT2D eigenvalue weighted by atomic mass is 14.9. The van der Waals surface area contributed by atoms with Crippen molar-refractivity contribution in [2.24, 2.45) is 11.8 Å². The summed E-state index contributed by atoms with van der Waals surface area (Å²) >= 11 is 0. The lowest BCUT2D eigenvalue weighted by Gasteiger charge is -2.12. The van der Waals surface area contributed by atoms with E-state index in [1.165, 1.54) is 0 Å². The van der Waals surface area contributed by atoms with Crippen LogP contribution < -0.4 is 5.32 Å². The van der Waals surface area contributed by atoms with Crippen molar-refractivity contribution in [3.63, 3.8) is 0 Å². The van der Waals surface area contributed by atoms with E-state index in [0.717, 1.165) is 24.9 Å². The summed E-state index contributed by atoms with van der Waals surface area (Å²) < 4.78 is 0. The van der Waals surface area contributed by atoms with Gasteiger partial charge in [0.25, 0.3) is 0 Å². The Morgan fingerprint density at radius 2 is 1.27 bits per heavy atom. The van der Waals surface area contributed by atoms with Crippen LogP contribution in [0.5, 0.6) is 0 Å². The van der Waals surface area contributed by atoms with Crippen molar-refractivity contribution in [2.45, 2.75) is 27.7 Å². The third-order valence-electron chi connectivity index (χ3n) is 2.44. The Labute approximate surface area is 69.9 Å². The van der Waals surface area contributed by atoms with Crippen LogP contribution in [-0.4, -0.2) is 13.1 Å². The topological polar surface area (TPSA) is 12.0 Å². The van der Waals surface area contributed by atoms with Gasteiger partial charge in [-0.15, -0.1) is 0 Å². The molecule has 0 amide bonds. The Hall–Kier alpha value is -0.300. The molecule has 0 atom stereocenters. The first-order valence-corrected chi connectivity index (χ1v) is 4.55. The molecule has 0 saturated heterocycles. The summed E-state index contributed by atoms with van der Waals surface area (Å²) in [4.78, 5) is 0. The molecule has 1 nitrogen and oxygen atoms in total. The first kappa shape index (κ1) is 8.79. The average molecular weight is 153 g/mol. The Morgan fingerprint density at radius 1 is 0.909 bits per heavy atom. The van der Waals surface area contributed by atoms with Crippen LogP contribution in [0.1, 0.15) is 27.7 Å². The molecule has 0 radical (unpaired) electrons. The standard InChI is InChI=1S/C10H19N/c1-7(2)9-5-11-6-10(9)8(3)4/h7-8,11H,5-6H2,1-4H3. The number of nitrogens with one attached hydrogen (secondary N) is 1. The summed E-state index contributed by atoms with van der Waals surface area (Å²) in [7, 11) is 0. The highest BCUT2D eigenvalue weighted by Crippen LogP contribution is 2.23. The van der Waals surface area contributed by atoms with E-state index >= 15 is 0 Å². The molecule has 1 heterocycles. The first-order chi connectivity index (χ1) is 5.13. The fourth-order valence-electron chi connectivity index (χ4n) is 1.71. The van der Waals surface area contributed by atoms with Gasteiger partial charge in [-0.3, -0.25) is 0 Å². The van der Waals surface area contributed by atoms with Gasteiger partial charge in [-0.2, -0.15) is 0 Å². The molecule has 1 rings (SSSR count). The lowest BCUT2D eigenvalue weighted by molar-refractivity contribution is 0.704. The third kappa shape index (κ3) is 1.84. The molecule has 0 bridgehead atoms. The van der Waals surface area contributed by atoms with E-state index in [-0.39, 0.29) is 0 Å². The lowest BCUT2D eigenvalue weighted by Crippen LogP contribution is -2.10. The van der Waals surface area contributed by atoms with E-state index in [4.69, 9.17) is 0 Å². The zero-order chi connectivity index (χ0) is 8.43. The van der Waals surface area contributed by atoms with E-state index in [2.05, 4.69) is 33.0 Å². The van der Waals surface area contributed by atoms with Crippen molar-refractivity contribution in [1.29, 1.82) is 0 Å². The summed E-state index contributed by atoms with van der Waals surface area (Å²) in [6.07, 6.45) is 0. The predicted octanol–water partition coefficient (Wildman–Crippen LogP) is 2.20. The SMILES string of the molecule is CC(C)C1=C(C(C)C)CNC1. The van der Waals surface area contributed by atoms with Gasteiger partial charge in [0, 0.05) is 13.1 Å². The molecule has 0 spiro atoms. The van der Waals surface area contributed by atoms with Crippen LogP contribution in [0, 0.1) is 11.8 Å². The van der Waals surface area contributed by atoms with Gasteiger partial charge in [0.1, 0.15) is 0 Å². The van der Waals surface area contributed by atoms with Crippen molar-refractivity contribution in [1.82, 2.24) is 5.32 Å². The molecule has 0 aliphatic carbocycles. The molecule has 0 saturated carbocycles. The molecular weight excluding hydrogens is 134 g/mol. The second kappa shape index (κ2) is 3.40. The first-order valence-electron chi connectivity index (χ1n) is 4.55. The quantitative estimate of drug-likeness (QED) is 0.600. The summed E-state index contributed by atoms with van der Waals surface area (Å²) in [5.74, 6) is 1.45. The van der Waals surface area contributed by atoms with E-state index < -0.39 is 0 Å². The summed E-state index contributed by atoms with van der Waals surface area (Å²) in [6, 6.07) is 0. The molecule has 0 unspecified atom stereocenters. The van der Waals surface area contributed by atoms with Crippen LogP contribution in [0.25, 0.3) is 0 Å². The van der Waals surface area contributed by atoms with Gasteiger partial charge in [-0.05, 0) is 11.8 Å². The Morgan fingerprint density at radius 3 is 1.55 bits per heavy atom. The summed E-state index contributed by atoms with van der Waals surface area (Å²) in [5, 5.41) is 3.41. The Bertz CT molecular complexity index is 148. The van der Waals surface area contributed by atoms with Crippen molar-refractivity contribution in [3.8, 4) is 0 Å². The van der Waals surface area contributed by atoms with E-state index in [0.29, 0.717) is 0 Å². The van der Waals surface area contributed by atoms with Gasteiger partial charge in [-0.1, -0.05) is 38.8 Å². The van der Waals surface area contributed by atoms with Crippen LogP contribution in [0.15, 0.2) is 11.1 Å². The normalized spacial score (nSPS) is 19.1. The van der Waals surface area contributed by atoms with E-state index in [1.807, 2.05) is 0 Å². The molecule has 64 valence electrons. The highest BCUT2D eigenvalue weighted by Gasteiger charge is 2.18. The fourth-order valence-corrected chi connectivity index (χ4v) is 1.71. The van der Waals surface area contributed by atoms with Crippen LogP contribution in [-0.2, 0) is 0 Å². The van der Waals surface area contributed by atoms with Gasteiger partial charge in [0.15, 0.2) is 0 Å². The summed E-state index contributed by atoms with van der Waals surface area (Å²) in [6.45, 7) is 11.4. The summed E-state index contributed by atoms with van der Waals surface area (Å²) in [5.41, 5.74) is 3.28. The van der Waals surface area contributed by atoms with Crippen LogP contribution in [0.4, 0.5) is 0 Å². The Balaban J connectivity index is 2.77. The molecule has 0 aromatic rings. The molecule has 11 heavy (non-hydrogen) atoms. The molecule has 0 aromatic carbocycles. The minimum Gasteiger partial charge on any atom is -0.309 e. The second-order valence-electron chi connectivity index (χ2n) is 3.96. The molecule has 1 aliphatic heterocycles. The van der Waals surface area contributed by atoms with Gasteiger partial charge in [-0.25, -0.2) is 0 Å². The van der Waals surface area contributed by atoms with Crippen molar-refractivity contribution < 1.29 is 0 Å². The zero-order valence-electron chi connectivity index (χ0n) is 8.07. The van der Waals surface area contributed by atoms with E-state index in [9.17, 15) is 0 Å². The molecular formula is C10H19N. The van der Waals surface area contributed by atoms with Crippen LogP contribution in [0.3, 0.4) is 0 Å². The van der Waals surface area contributed by atoms with Gasteiger partial charge < -0.3 is 5.32 Å². The maximum atomic E-state index is 3.41. The van der Waals surface area contributed by atoms with Crippen molar-refractivity contribution in [3.05, 3.63) is 11.1 Å². The zero-order valence-corrected chi connectivity index (χ0v) is 8.07. The van der Waals surface area contributed by atoms with Crippen LogP contribution in [0.2, 0.25) is 0 Å².